The van der Waals surface area contributed by atoms with E-state index in [0.29, 0.717) is 0 Å². The molecular weight excluding hydrogens is 250 g/mol. The number of fused-ring (bicyclic) bond motifs is 1. The lowest BCUT2D eigenvalue weighted by atomic mass is 9.87. The Balaban J connectivity index is 2.01. The molecule has 0 spiro atoms. The lowest BCUT2D eigenvalue weighted by Crippen LogP contribution is -2.44. The zero-order valence-electron chi connectivity index (χ0n) is 12.0. The lowest BCUT2D eigenvalue weighted by Gasteiger charge is -2.33. The predicted octanol–water partition coefficient (Wildman–Crippen LogP) is 2.62. The summed E-state index contributed by atoms with van der Waals surface area (Å²) < 4.78 is 5.92. The van der Waals surface area contributed by atoms with Crippen LogP contribution in [0, 0.1) is 6.92 Å². The predicted molar refractivity (Wildman–Crippen MR) is 80.1 cm³/mol. The van der Waals surface area contributed by atoms with Crippen LogP contribution >= 0.6 is 0 Å². The van der Waals surface area contributed by atoms with E-state index in [1.54, 1.807) is 0 Å². The van der Waals surface area contributed by atoms with Crippen molar-refractivity contribution in [2.24, 2.45) is 5.84 Å². The average Bonchev–Trinajstić information content (AvgIpc) is 2.87. The van der Waals surface area contributed by atoms with Crippen LogP contribution in [0.5, 0.6) is 0 Å². The van der Waals surface area contributed by atoms with E-state index < -0.39 is 0 Å². The molecule has 0 saturated carbocycles. The smallest absolute Gasteiger partial charge is 0.0862 e. The zero-order valence-corrected chi connectivity index (χ0v) is 12.0. The van der Waals surface area contributed by atoms with Crippen molar-refractivity contribution in [3.05, 3.63) is 41.6 Å². The third-order valence-electron chi connectivity index (χ3n) is 4.21. The monoisotopic (exact) mass is 271 g/mol. The third kappa shape index (κ3) is 2.30. The highest BCUT2D eigenvalue weighted by Crippen LogP contribution is 2.37. The second kappa shape index (κ2) is 5.13. The molecule has 2 heterocycles. The molecule has 106 valence electrons. The second-order valence-corrected chi connectivity index (χ2v) is 5.77. The van der Waals surface area contributed by atoms with E-state index in [0.717, 1.165) is 41.6 Å². The summed E-state index contributed by atoms with van der Waals surface area (Å²) >= 11 is 0. The molecule has 4 nitrogen and oxygen atoms in total. The van der Waals surface area contributed by atoms with E-state index in [1.807, 2.05) is 13.0 Å². The van der Waals surface area contributed by atoms with Gasteiger partial charge in [0.25, 0.3) is 0 Å². The van der Waals surface area contributed by atoms with Crippen molar-refractivity contribution < 1.29 is 4.74 Å². The number of ether oxygens (including phenoxy) is 1. The molecular formula is C16H21N3O. The number of nitrogens with one attached hydrogen (secondary N) is 1. The van der Waals surface area contributed by atoms with Gasteiger partial charge in [-0.05, 0) is 50.5 Å². The molecule has 2 unspecified atom stereocenters. The largest absolute Gasteiger partial charge is 0.373 e. The normalized spacial score (nSPS) is 24.1. The maximum absolute atomic E-state index is 5.92. The minimum Gasteiger partial charge on any atom is -0.373 e. The molecule has 3 N–H and O–H groups in total. The van der Waals surface area contributed by atoms with Gasteiger partial charge < -0.3 is 4.74 Å². The molecule has 1 saturated heterocycles. The van der Waals surface area contributed by atoms with Crippen molar-refractivity contribution in [2.45, 2.75) is 38.3 Å². The summed E-state index contributed by atoms with van der Waals surface area (Å²) in [4.78, 5) is 4.53. The maximum atomic E-state index is 5.92. The topological polar surface area (TPSA) is 60.2 Å². The number of nitrogens with zero attached hydrogens (tertiary/aromatic N) is 1. The van der Waals surface area contributed by atoms with E-state index in [2.05, 4.69) is 41.6 Å². The highest BCUT2D eigenvalue weighted by Gasteiger charge is 2.38. The molecule has 1 fully saturated rings. The van der Waals surface area contributed by atoms with E-state index >= 15 is 0 Å². The van der Waals surface area contributed by atoms with Crippen molar-refractivity contribution in [3.8, 4) is 0 Å². The minimum absolute atomic E-state index is 0.00398. The number of hydrazine groups is 1. The van der Waals surface area contributed by atoms with Gasteiger partial charge in [-0.2, -0.15) is 0 Å². The first kappa shape index (κ1) is 13.5. The van der Waals surface area contributed by atoms with Crippen LogP contribution in [-0.4, -0.2) is 17.2 Å². The van der Waals surface area contributed by atoms with Crippen molar-refractivity contribution in [1.82, 2.24) is 10.4 Å². The summed E-state index contributed by atoms with van der Waals surface area (Å²) in [6, 6.07) is 10.4. The fourth-order valence-corrected chi connectivity index (χ4v) is 3.08. The minimum atomic E-state index is -0.236. The SMILES string of the molecule is Cc1ccc2cc(C(NN)C3(C)CCCO3)ccc2n1. The van der Waals surface area contributed by atoms with Crippen LogP contribution in [0.4, 0.5) is 0 Å². The van der Waals surface area contributed by atoms with Crippen LogP contribution in [0.2, 0.25) is 0 Å². The van der Waals surface area contributed by atoms with Gasteiger partial charge in [0.1, 0.15) is 0 Å². The number of benzene rings is 1. The van der Waals surface area contributed by atoms with Gasteiger partial charge in [-0.1, -0.05) is 12.1 Å². The fraction of sp³-hybridized carbons (Fsp3) is 0.438. The Morgan fingerprint density at radius 1 is 1.35 bits per heavy atom. The van der Waals surface area contributed by atoms with Gasteiger partial charge in [-0.25, -0.2) is 0 Å². The average molecular weight is 271 g/mol. The van der Waals surface area contributed by atoms with Gasteiger partial charge in [0.05, 0.1) is 17.2 Å². The van der Waals surface area contributed by atoms with Gasteiger partial charge in [-0.15, -0.1) is 0 Å². The van der Waals surface area contributed by atoms with Crippen LogP contribution in [0.15, 0.2) is 30.3 Å². The van der Waals surface area contributed by atoms with Crippen molar-refractivity contribution in [3.63, 3.8) is 0 Å². The summed E-state index contributed by atoms with van der Waals surface area (Å²) in [5.41, 5.74) is 5.89. The van der Waals surface area contributed by atoms with E-state index in [9.17, 15) is 0 Å². The highest BCUT2D eigenvalue weighted by atomic mass is 16.5. The molecule has 1 aromatic carbocycles. The van der Waals surface area contributed by atoms with E-state index in [4.69, 9.17) is 10.6 Å². The van der Waals surface area contributed by atoms with Gasteiger partial charge in [0, 0.05) is 17.7 Å². The quantitative estimate of drug-likeness (QED) is 0.665. The second-order valence-electron chi connectivity index (χ2n) is 5.77. The Bertz CT molecular complexity index is 620. The number of nitrogens with two attached hydrogens (primary N) is 1. The zero-order chi connectivity index (χ0) is 14.2. The maximum Gasteiger partial charge on any atom is 0.0862 e. The van der Waals surface area contributed by atoms with Crippen molar-refractivity contribution in [2.75, 3.05) is 6.61 Å². The van der Waals surface area contributed by atoms with E-state index in [1.165, 1.54) is 0 Å². The Hall–Kier alpha value is -1.49. The molecule has 1 aliphatic heterocycles. The van der Waals surface area contributed by atoms with Crippen LogP contribution < -0.4 is 11.3 Å². The highest BCUT2D eigenvalue weighted by molar-refractivity contribution is 5.79. The van der Waals surface area contributed by atoms with Gasteiger partial charge >= 0.3 is 0 Å². The van der Waals surface area contributed by atoms with Gasteiger partial charge in [0.2, 0.25) is 0 Å². The van der Waals surface area contributed by atoms with Crippen LogP contribution in [-0.2, 0) is 4.74 Å². The first-order valence-electron chi connectivity index (χ1n) is 7.10. The summed E-state index contributed by atoms with van der Waals surface area (Å²) in [5, 5.41) is 1.13. The standard InChI is InChI=1S/C16H21N3O/c1-11-4-5-12-10-13(6-7-14(12)18-11)15(19-17)16(2)8-3-9-20-16/h4-7,10,15,19H,3,8-9,17H2,1-2H3. The number of hydrogen-bond acceptors (Lipinski definition) is 4. The van der Waals surface area contributed by atoms with Crippen LogP contribution in [0.25, 0.3) is 10.9 Å². The summed E-state index contributed by atoms with van der Waals surface area (Å²) in [5.74, 6) is 5.79. The molecule has 0 radical (unpaired) electrons. The Morgan fingerprint density at radius 2 is 2.20 bits per heavy atom. The van der Waals surface area contributed by atoms with Gasteiger partial charge in [-0.3, -0.25) is 16.3 Å². The molecule has 3 rings (SSSR count). The number of hydrogen-bond donors (Lipinski definition) is 2. The van der Waals surface area contributed by atoms with Crippen molar-refractivity contribution in [1.29, 1.82) is 0 Å². The number of aryl methyl sites for hydroxylation is 1. The van der Waals surface area contributed by atoms with E-state index in [-0.39, 0.29) is 11.6 Å². The van der Waals surface area contributed by atoms with Crippen molar-refractivity contribution >= 4 is 10.9 Å². The first-order chi connectivity index (χ1) is 9.62. The van der Waals surface area contributed by atoms with Crippen LogP contribution in [0.1, 0.15) is 37.1 Å². The molecule has 0 aliphatic carbocycles. The Morgan fingerprint density at radius 3 is 2.90 bits per heavy atom. The molecule has 0 amide bonds. The number of aromatic nitrogens is 1. The van der Waals surface area contributed by atoms with Gasteiger partial charge in [0.15, 0.2) is 0 Å². The number of rotatable bonds is 3. The molecule has 1 aromatic heterocycles. The molecule has 2 aromatic rings. The lowest BCUT2D eigenvalue weighted by molar-refractivity contribution is -0.0125. The molecule has 20 heavy (non-hydrogen) atoms. The first-order valence-corrected chi connectivity index (χ1v) is 7.10. The summed E-state index contributed by atoms with van der Waals surface area (Å²) in [6.45, 7) is 4.94. The molecule has 0 bridgehead atoms. The van der Waals surface area contributed by atoms with Crippen LogP contribution in [0.3, 0.4) is 0 Å². The fourth-order valence-electron chi connectivity index (χ4n) is 3.08. The Kier molecular flexibility index (Phi) is 3.46. The summed E-state index contributed by atoms with van der Waals surface area (Å²) in [6.07, 6.45) is 2.11. The molecule has 1 aliphatic rings. The molecule has 4 heteroatoms. The summed E-state index contributed by atoms with van der Waals surface area (Å²) in [7, 11) is 0. The number of pyridine rings is 1. The Labute approximate surface area is 119 Å². The molecule has 2 atom stereocenters. The third-order valence-corrected chi connectivity index (χ3v) is 4.21.